The van der Waals surface area contributed by atoms with Crippen LogP contribution >= 0.6 is 0 Å². The molecule has 0 amide bonds. The van der Waals surface area contributed by atoms with Gasteiger partial charge in [-0.3, -0.25) is 0 Å². The monoisotopic (exact) mass is 170 g/mol. The highest BCUT2D eigenvalue weighted by atomic mass is 19.1. The minimum atomic E-state index is -0.665. The quantitative estimate of drug-likeness (QED) is 0.662. The highest BCUT2D eigenvalue weighted by Crippen LogP contribution is 2.23. The van der Waals surface area contributed by atoms with E-state index in [0.717, 1.165) is 12.1 Å². The van der Waals surface area contributed by atoms with Crippen molar-refractivity contribution in [2.24, 2.45) is 0 Å². The molecule has 3 heteroatoms. The SMILES string of the molecule is C=Cc1c(F)cc(F)cc1OC. The Morgan fingerprint density at radius 2 is 2.08 bits per heavy atom. The molecule has 0 fully saturated rings. The van der Waals surface area contributed by atoms with Gasteiger partial charge in [0.1, 0.15) is 17.4 Å². The van der Waals surface area contributed by atoms with Crippen LogP contribution in [0.3, 0.4) is 0 Å². The summed E-state index contributed by atoms with van der Waals surface area (Å²) in [6.45, 7) is 3.39. The second-order valence-electron chi connectivity index (χ2n) is 2.21. The van der Waals surface area contributed by atoms with Gasteiger partial charge in [-0.15, -0.1) is 0 Å². The zero-order valence-electron chi connectivity index (χ0n) is 6.60. The fourth-order valence-electron chi connectivity index (χ4n) is 0.928. The topological polar surface area (TPSA) is 9.23 Å². The molecule has 0 aliphatic carbocycles. The third kappa shape index (κ3) is 1.44. The maximum Gasteiger partial charge on any atom is 0.137 e. The van der Waals surface area contributed by atoms with Crippen molar-refractivity contribution < 1.29 is 13.5 Å². The molecule has 0 bridgehead atoms. The van der Waals surface area contributed by atoms with Crippen LogP contribution in [0, 0.1) is 11.6 Å². The van der Waals surface area contributed by atoms with Gasteiger partial charge in [0.05, 0.1) is 12.7 Å². The first-order valence-corrected chi connectivity index (χ1v) is 3.34. The molecule has 0 aromatic heterocycles. The van der Waals surface area contributed by atoms with E-state index in [1.165, 1.54) is 13.2 Å². The Morgan fingerprint density at radius 1 is 1.42 bits per heavy atom. The standard InChI is InChI=1S/C9H8F2O/c1-3-7-8(11)4-6(10)5-9(7)12-2/h3-5H,1H2,2H3. The highest BCUT2D eigenvalue weighted by Gasteiger charge is 2.07. The molecule has 0 spiro atoms. The van der Waals surface area contributed by atoms with Crippen molar-refractivity contribution in [3.63, 3.8) is 0 Å². The minimum absolute atomic E-state index is 0.155. The van der Waals surface area contributed by atoms with Gasteiger partial charge in [-0.05, 0) is 0 Å². The highest BCUT2D eigenvalue weighted by molar-refractivity contribution is 5.56. The summed E-state index contributed by atoms with van der Waals surface area (Å²) in [5.41, 5.74) is 0.180. The van der Waals surface area contributed by atoms with Gasteiger partial charge in [0, 0.05) is 12.1 Å². The van der Waals surface area contributed by atoms with Crippen LogP contribution in [0.1, 0.15) is 5.56 Å². The molecule has 64 valence electrons. The van der Waals surface area contributed by atoms with Crippen molar-refractivity contribution in [2.75, 3.05) is 7.11 Å². The molecule has 0 saturated carbocycles. The lowest BCUT2D eigenvalue weighted by molar-refractivity contribution is 0.405. The Balaban J connectivity index is 3.33. The number of hydrogen-bond donors (Lipinski definition) is 0. The van der Waals surface area contributed by atoms with Gasteiger partial charge in [0.25, 0.3) is 0 Å². The zero-order chi connectivity index (χ0) is 9.14. The van der Waals surface area contributed by atoms with Crippen molar-refractivity contribution >= 4 is 6.08 Å². The predicted molar refractivity (Wildman–Crippen MR) is 43.0 cm³/mol. The third-order valence-corrected chi connectivity index (χ3v) is 1.48. The van der Waals surface area contributed by atoms with Crippen molar-refractivity contribution in [1.29, 1.82) is 0 Å². The van der Waals surface area contributed by atoms with Crippen molar-refractivity contribution in [3.05, 3.63) is 35.9 Å². The Labute approximate surface area is 69.3 Å². The molecule has 1 aromatic rings. The molecule has 0 heterocycles. The van der Waals surface area contributed by atoms with Gasteiger partial charge in [-0.1, -0.05) is 12.7 Å². The number of ether oxygens (including phenoxy) is 1. The van der Waals surface area contributed by atoms with E-state index in [1.54, 1.807) is 0 Å². The first-order chi connectivity index (χ1) is 5.69. The van der Waals surface area contributed by atoms with Gasteiger partial charge in [0.15, 0.2) is 0 Å². The fraction of sp³-hybridized carbons (Fsp3) is 0.111. The normalized spacial score (nSPS) is 9.58. The van der Waals surface area contributed by atoms with Gasteiger partial charge in [0.2, 0.25) is 0 Å². The predicted octanol–water partition coefficient (Wildman–Crippen LogP) is 2.62. The molecular formula is C9H8F2O. The molecule has 0 saturated heterocycles. The lowest BCUT2D eigenvalue weighted by Crippen LogP contribution is -1.92. The average Bonchev–Trinajstić information content (AvgIpc) is 2.03. The summed E-state index contributed by atoms with van der Waals surface area (Å²) < 4.78 is 30.2. The van der Waals surface area contributed by atoms with Crippen molar-refractivity contribution in [1.82, 2.24) is 0 Å². The van der Waals surface area contributed by atoms with Crippen LogP contribution in [0.2, 0.25) is 0 Å². The van der Waals surface area contributed by atoms with Crippen LogP contribution in [0.25, 0.3) is 6.08 Å². The number of hydrogen-bond acceptors (Lipinski definition) is 1. The second-order valence-corrected chi connectivity index (χ2v) is 2.21. The molecular weight excluding hydrogens is 162 g/mol. The first kappa shape index (κ1) is 8.71. The van der Waals surface area contributed by atoms with E-state index in [4.69, 9.17) is 4.74 Å². The van der Waals surface area contributed by atoms with E-state index in [2.05, 4.69) is 6.58 Å². The van der Waals surface area contributed by atoms with Crippen LogP contribution in [-0.4, -0.2) is 7.11 Å². The van der Waals surface area contributed by atoms with Gasteiger partial charge in [-0.2, -0.15) is 0 Å². The van der Waals surface area contributed by atoms with E-state index in [1.807, 2.05) is 0 Å². The van der Waals surface area contributed by atoms with Gasteiger partial charge < -0.3 is 4.74 Å². The summed E-state index contributed by atoms with van der Waals surface area (Å²) in [4.78, 5) is 0. The number of halogens is 2. The fourth-order valence-corrected chi connectivity index (χ4v) is 0.928. The molecule has 12 heavy (non-hydrogen) atoms. The van der Waals surface area contributed by atoms with E-state index in [9.17, 15) is 8.78 Å². The van der Waals surface area contributed by atoms with E-state index in [-0.39, 0.29) is 11.3 Å². The largest absolute Gasteiger partial charge is 0.496 e. The van der Waals surface area contributed by atoms with Crippen LogP contribution in [0.4, 0.5) is 8.78 Å². The average molecular weight is 170 g/mol. The number of rotatable bonds is 2. The zero-order valence-corrected chi connectivity index (χ0v) is 6.60. The molecule has 0 N–H and O–H groups in total. The number of benzene rings is 1. The molecule has 0 atom stereocenters. The van der Waals surface area contributed by atoms with E-state index in [0.29, 0.717) is 0 Å². The van der Waals surface area contributed by atoms with Crippen molar-refractivity contribution in [3.8, 4) is 5.75 Å². The summed E-state index contributed by atoms with van der Waals surface area (Å²) in [5.74, 6) is -1.17. The van der Waals surface area contributed by atoms with Crippen LogP contribution in [0.15, 0.2) is 18.7 Å². The Bertz CT molecular complexity index is 308. The van der Waals surface area contributed by atoms with Crippen LogP contribution < -0.4 is 4.74 Å². The molecule has 1 aromatic carbocycles. The smallest absolute Gasteiger partial charge is 0.137 e. The molecule has 1 nitrogen and oxygen atoms in total. The summed E-state index contributed by atoms with van der Waals surface area (Å²) in [7, 11) is 1.35. The van der Waals surface area contributed by atoms with Gasteiger partial charge >= 0.3 is 0 Å². The summed E-state index contributed by atoms with van der Waals surface area (Å²) >= 11 is 0. The molecule has 0 aliphatic rings. The number of methoxy groups -OCH3 is 1. The van der Waals surface area contributed by atoms with E-state index >= 15 is 0 Å². The minimum Gasteiger partial charge on any atom is -0.496 e. The third-order valence-electron chi connectivity index (χ3n) is 1.48. The molecule has 0 aliphatic heterocycles. The van der Waals surface area contributed by atoms with Crippen LogP contribution in [0.5, 0.6) is 5.75 Å². The first-order valence-electron chi connectivity index (χ1n) is 3.34. The van der Waals surface area contributed by atoms with E-state index < -0.39 is 11.6 Å². The Kier molecular flexibility index (Phi) is 2.43. The summed E-state index contributed by atoms with van der Waals surface area (Å²) in [6.07, 6.45) is 1.29. The maximum atomic E-state index is 12.9. The lowest BCUT2D eigenvalue weighted by Gasteiger charge is -2.05. The summed E-state index contributed by atoms with van der Waals surface area (Å²) in [5, 5.41) is 0. The van der Waals surface area contributed by atoms with Crippen molar-refractivity contribution in [2.45, 2.75) is 0 Å². The second kappa shape index (κ2) is 3.34. The Morgan fingerprint density at radius 3 is 2.58 bits per heavy atom. The molecule has 0 unspecified atom stereocenters. The van der Waals surface area contributed by atoms with Gasteiger partial charge in [-0.25, -0.2) is 8.78 Å². The van der Waals surface area contributed by atoms with Crippen LogP contribution in [-0.2, 0) is 0 Å². The molecule has 1 rings (SSSR count). The maximum absolute atomic E-state index is 12.9. The lowest BCUT2D eigenvalue weighted by atomic mass is 10.2. The Hall–Kier alpha value is -1.38. The molecule has 0 radical (unpaired) electrons. The summed E-state index contributed by atoms with van der Waals surface area (Å²) in [6, 6.07) is 1.90.